The molecule has 0 aromatic heterocycles. The number of carbonyl (C=O) groups excluding carboxylic acids is 2. The van der Waals surface area contributed by atoms with E-state index >= 15 is 0 Å². The van der Waals surface area contributed by atoms with Gasteiger partial charge >= 0.3 is 6.03 Å². The van der Waals surface area contributed by atoms with Crippen molar-refractivity contribution in [3.8, 4) is 0 Å². The second-order valence-electron chi connectivity index (χ2n) is 9.54. The van der Waals surface area contributed by atoms with E-state index in [1.54, 1.807) is 0 Å². The molecule has 2 N–H and O–H groups in total. The predicted molar refractivity (Wildman–Crippen MR) is 122 cm³/mol. The summed E-state index contributed by atoms with van der Waals surface area (Å²) in [5.74, 6) is 0.492. The lowest BCUT2D eigenvalue weighted by Crippen LogP contribution is -2.55. The molecule has 1 saturated heterocycles. The van der Waals surface area contributed by atoms with Gasteiger partial charge in [-0.2, -0.15) is 0 Å². The molecule has 2 fully saturated rings. The number of hydrogen-bond acceptors (Lipinski definition) is 2. The van der Waals surface area contributed by atoms with Crippen LogP contribution < -0.4 is 10.6 Å². The van der Waals surface area contributed by atoms with Gasteiger partial charge in [0, 0.05) is 30.7 Å². The van der Waals surface area contributed by atoms with Crippen molar-refractivity contribution >= 4 is 23.5 Å². The summed E-state index contributed by atoms with van der Waals surface area (Å²) in [5.41, 5.74) is 1.28. The van der Waals surface area contributed by atoms with Gasteiger partial charge in [0.2, 0.25) is 5.91 Å². The van der Waals surface area contributed by atoms with Crippen LogP contribution in [-0.4, -0.2) is 42.5 Å². The van der Waals surface area contributed by atoms with E-state index in [1.807, 2.05) is 24.0 Å². The first-order valence-electron chi connectivity index (χ1n) is 11.4. The standard InChI is InChI=1S/C24H36ClN3O2/c1-4-14-26-23(30)27-21-8-6-5-7-19(21)22(29)28-15-13-20(24(2,3)16-28)17-9-11-18(25)12-10-17/h9-12,19-21H,4-8,13-16H2,1-3H3,(H2,26,27,30). The average Bonchev–Trinajstić information content (AvgIpc) is 2.72. The highest BCUT2D eigenvalue weighted by atomic mass is 35.5. The summed E-state index contributed by atoms with van der Waals surface area (Å²) in [5, 5.41) is 6.70. The number of amides is 3. The molecular formula is C24H36ClN3O2. The Morgan fingerprint density at radius 3 is 2.50 bits per heavy atom. The maximum atomic E-state index is 13.5. The van der Waals surface area contributed by atoms with Gasteiger partial charge < -0.3 is 15.5 Å². The van der Waals surface area contributed by atoms with Gasteiger partial charge in [0.25, 0.3) is 0 Å². The first kappa shape index (κ1) is 22.9. The number of carbonyl (C=O) groups is 2. The molecule has 30 heavy (non-hydrogen) atoms. The lowest BCUT2D eigenvalue weighted by Gasteiger charge is -2.46. The average molecular weight is 434 g/mol. The summed E-state index contributed by atoms with van der Waals surface area (Å²) in [6.07, 6.45) is 5.69. The highest BCUT2D eigenvalue weighted by Crippen LogP contribution is 2.43. The fourth-order valence-electron chi connectivity index (χ4n) is 5.15. The lowest BCUT2D eigenvalue weighted by atomic mass is 9.70. The number of likely N-dealkylation sites (tertiary alicyclic amines) is 1. The van der Waals surface area contributed by atoms with Gasteiger partial charge in [-0.05, 0) is 54.7 Å². The molecule has 0 spiro atoms. The number of hydrogen-bond donors (Lipinski definition) is 2. The Labute approximate surface area is 185 Å². The van der Waals surface area contributed by atoms with Crippen LogP contribution in [0.4, 0.5) is 4.79 Å². The zero-order valence-corrected chi connectivity index (χ0v) is 19.3. The van der Waals surface area contributed by atoms with Crippen molar-refractivity contribution in [3.05, 3.63) is 34.9 Å². The second kappa shape index (κ2) is 10.0. The molecule has 1 aromatic rings. The molecule has 3 amide bonds. The van der Waals surface area contributed by atoms with Gasteiger partial charge in [0.1, 0.15) is 0 Å². The van der Waals surface area contributed by atoms with E-state index in [0.717, 1.165) is 56.6 Å². The van der Waals surface area contributed by atoms with Crippen molar-refractivity contribution in [2.45, 2.75) is 71.3 Å². The zero-order chi connectivity index (χ0) is 21.7. The number of nitrogens with zero attached hydrogens (tertiary/aromatic N) is 1. The minimum absolute atomic E-state index is 0.0160. The van der Waals surface area contributed by atoms with E-state index in [2.05, 4.69) is 36.6 Å². The van der Waals surface area contributed by atoms with Crippen LogP contribution in [0, 0.1) is 11.3 Å². The second-order valence-corrected chi connectivity index (χ2v) is 9.98. The molecule has 3 rings (SSSR count). The molecule has 0 radical (unpaired) electrons. The number of piperidine rings is 1. The van der Waals surface area contributed by atoms with Crippen molar-refractivity contribution in [2.75, 3.05) is 19.6 Å². The summed E-state index contributed by atoms with van der Waals surface area (Å²) in [7, 11) is 0. The number of rotatable bonds is 5. The summed E-state index contributed by atoms with van der Waals surface area (Å²) in [4.78, 5) is 27.7. The van der Waals surface area contributed by atoms with Crippen LogP contribution in [0.5, 0.6) is 0 Å². The SMILES string of the molecule is CCCNC(=O)NC1CCCCC1C(=O)N1CCC(c2ccc(Cl)cc2)C(C)(C)C1. The van der Waals surface area contributed by atoms with E-state index < -0.39 is 0 Å². The highest BCUT2D eigenvalue weighted by molar-refractivity contribution is 6.30. The lowest BCUT2D eigenvalue weighted by molar-refractivity contribution is -0.141. The van der Waals surface area contributed by atoms with Crippen molar-refractivity contribution in [2.24, 2.45) is 11.3 Å². The molecule has 1 heterocycles. The molecule has 6 heteroatoms. The normalized spacial score (nSPS) is 26.1. The fraction of sp³-hybridized carbons (Fsp3) is 0.667. The summed E-state index contributed by atoms with van der Waals surface area (Å²) >= 11 is 6.06. The third-order valence-electron chi connectivity index (χ3n) is 6.75. The van der Waals surface area contributed by atoms with Crippen molar-refractivity contribution in [3.63, 3.8) is 0 Å². The van der Waals surface area contributed by atoms with Crippen molar-refractivity contribution in [1.82, 2.24) is 15.5 Å². The molecule has 2 aliphatic rings. The van der Waals surface area contributed by atoms with E-state index in [1.165, 1.54) is 5.56 Å². The van der Waals surface area contributed by atoms with E-state index in [9.17, 15) is 9.59 Å². The monoisotopic (exact) mass is 433 g/mol. The van der Waals surface area contributed by atoms with Crippen LogP contribution in [0.2, 0.25) is 5.02 Å². The Kier molecular flexibility index (Phi) is 7.67. The maximum Gasteiger partial charge on any atom is 0.315 e. The van der Waals surface area contributed by atoms with Gasteiger partial charge in [-0.15, -0.1) is 0 Å². The van der Waals surface area contributed by atoms with E-state index in [4.69, 9.17) is 11.6 Å². The zero-order valence-electron chi connectivity index (χ0n) is 18.5. The smallest absolute Gasteiger partial charge is 0.315 e. The van der Waals surface area contributed by atoms with Crippen LogP contribution in [0.25, 0.3) is 0 Å². The first-order valence-corrected chi connectivity index (χ1v) is 11.8. The molecule has 5 nitrogen and oxygen atoms in total. The number of benzene rings is 1. The molecule has 3 atom stereocenters. The fourth-order valence-corrected chi connectivity index (χ4v) is 5.28. The molecule has 166 valence electrons. The Balaban J connectivity index is 1.65. The molecule has 1 saturated carbocycles. The van der Waals surface area contributed by atoms with Crippen LogP contribution in [0.15, 0.2) is 24.3 Å². The van der Waals surface area contributed by atoms with Gasteiger partial charge in [-0.1, -0.05) is 57.3 Å². The quantitative estimate of drug-likeness (QED) is 0.690. The van der Waals surface area contributed by atoms with E-state index in [-0.39, 0.29) is 29.3 Å². The van der Waals surface area contributed by atoms with E-state index in [0.29, 0.717) is 12.5 Å². The van der Waals surface area contributed by atoms with Crippen LogP contribution >= 0.6 is 11.6 Å². The predicted octanol–water partition coefficient (Wildman–Crippen LogP) is 4.95. The molecular weight excluding hydrogens is 398 g/mol. The third-order valence-corrected chi connectivity index (χ3v) is 7.00. The Bertz CT molecular complexity index is 734. The van der Waals surface area contributed by atoms with Crippen LogP contribution in [-0.2, 0) is 4.79 Å². The maximum absolute atomic E-state index is 13.5. The number of urea groups is 1. The topological polar surface area (TPSA) is 61.4 Å². The van der Waals surface area contributed by atoms with Gasteiger partial charge in [-0.25, -0.2) is 4.79 Å². The Morgan fingerprint density at radius 1 is 1.13 bits per heavy atom. The first-order chi connectivity index (χ1) is 14.3. The molecule has 0 bridgehead atoms. The third kappa shape index (κ3) is 5.48. The number of nitrogens with one attached hydrogen (secondary N) is 2. The Hall–Kier alpha value is -1.75. The minimum Gasteiger partial charge on any atom is -0.342 e. The molecule has 1 aliphatic heterocycles. The van der Waals surface area contributed by atoms with Gasteiger partial charge in [-0.3, -0.25) is 4.79 Å². The highest BCUT2D eigenvalue weighted by Gasteiger charge is 2.41. The van der Waals surface area contributed by atoms with Gasteiger partial charge in [0.15, 0.2) is 0 Å². The van der Waals surface area contributed by atoms with Crippen LogP contribution in [0.3, 0.4) is 0 Å². The minimum atomic E-state index is -0.150. The largest absolute Gasteiger partial charge is 0.342 e. The summed E-state index contributed by atoms with van der Waals surface area (Å²) < 4.78 is 0. The Morgan fingerprint density at radius 2 is 1.83 bits per heavy atom. The molecule has 3 unspecified atom stereocenters. The molecule has 1 aromatic carbocycles. The van der Waals surface area contributed by atoms with Crippen LogP contribution in [0.1, 0.15) is 70.8 Å². The molecule has 1 aliphatic carbocycles. The van der Waals surface area contributed by atoms with Crippen molar-refractivity contribution < 1.29 is 9.59 Å². The number of halogens is 1. The van der Waals surface area contributed by atoms with Gasteiger partial charge in [0.05, 0.1) is 5.92 Å². The summed E-state index contributed by atoms with van der Waals surface area (Å²) in [6.45, 7) is 8.69. The van der Waals surface area contributed by atoms with Crippen molar-refractivity contribution in [1.29, 1.82) is 0 Å². The summed E-state index contributed by atoms with van der Waals surface area (Å²) in [6, 6.07) is 7.91.